The first-order valence-corrected chi connectivity index (χ1v) is 6.35. The Bertz CT molecular complexity index is 633. The van der Waals surface area contributed by atoms with E-state index < -0.39 is 23.3 Å². The van der Waals surface area contributed by atoms with Crippen LogP contribution in [0.2, 0.25) is 5.02 Å². The van der Waals surface area contributed by atoms with Crippen molar-refractivity contribution in [3.8, 4) is 0 Å². The lowest BCUT2D eigenvalue weighted by atomic mass is 9.67. The lowest BCUT2D eigenvalue weighted by Crippen LogP contribution is -2.36. The normalized spacial score (nSPS) is 25.1. The average molecular weight is 293 g/mol. The minimum atomic E-state index is -1.33. The van der Waals surface area contributed by atoms with Gasteiger partial charge in [0.05, 0.1) is 5.41 Å². The van der Waals surface area contributed by atoms with Gasteiger partial charge in [-0.3, -0.25) is 4.79 Å². The first kappa shape index (κ1) is 14.3. The molecule has 2 atom stereocenters. The van der Waals surface area contributed by atoms with Crippen LogP contribution in [0.25, 0.3) is 0 Å². The van der Waals surface area contributed by atoms with Crippen molar-refractivity contribution in [2.24, 2.45) is 5.41 Å². The van der Waals surface area contributed by atoms with Gasteiger partial charge in [0.15, 0.2) is 0 Å². The Morgan fingerprint density at radius 2 is 2.00 bits per heavy atom. The summed E-state index contributed by atoms with van der Waals surface area (Å²) >= 11 is 5.93. The van der Waals surface area contributed by atoms with Gasteiger partial charge in [-0.15, -0.1) is 0 Å². The topological polar surface area (TPSA) is 74.6 Å². The molecule has 2 unspecified atom stereocenters. The van der Waals surface area contributed by atoms with E-state index in [4.69, 9.17) is 11.6 Å². The third-order valence-electron chi connectivity index (χ3n) is 3.52. The molecule has 0 heterocycles. The second kappa shape index (κ2) is 5.13. The summed E-state index contributed by atoms with van der Waals surface area (Å²) in [5.74, 6) is -3.00. The summed E-state index contributed by atoms with van der Waals surface area (Å²) in [6.07, 6.45) is 4.41. The predicted molar refractivity (Wildman–Crippen MR) is 74.8 cm³/mol. The standard InChI is InChI=1S/C15H13ClO4/c1-15(14(19)20)7-3-6-11(13(17)18)12(15)9-4-2-5-10(16)8-9/h2-8,12H,1H3,(H,17,18)(H,19,20). The fraction of sp³-hybridized carbons (Fsp3) is 0.200. The highest BCUT2D eigenvalue weighted by atomic mass is 35.5. The summed E-state index contributed by atoms with van der Waals surface area (Å²) in [7, 11) is 0. The van der Waals surface area contributed by atoms with E-state index in [1.807, 2.05) is 0 Å². The molecule has 0 spiro atoms. The summed E-state index contributed by atoms with van der Waals surface area (Å²) in [4.78, 5) is 23.0. The summed E-state index contributed by atoms with van der Waals surface area (Å²) in [5.41, 5.74) is -0.715. The van der Waals surface area contributed by atoms with E-state index in [-0.39, 0.29) is 5.57 Å². The van der Waals surface area contributed by atoms with Crippen LogP contribution in [-0.4, -0.2) is 22.2 Å². The molecular formula is C15H13ClO4. The number of carboxylic acids is 2. The molecule has 4 nitrogen and oxygen atoms in total. The number of aliphatic carboxylic acids is 2. The van der Waals surface area contributed by atoms with E-state index in [2.05, 4.69) is 0 Å². The molecule has 0 saturated carbocycles. The van der Waals surface area contributed by atoms with Crippen LogP contribution in [0.15, 0.2) is 48.1 Å². The highest BCUT2D eigenvalue weighted by Crippen LogP contribution is 2.45. The van der Waals surface area contributed by atoms with Gasteiger partial charge in [0, 0.05) is 16.5 Å². The van der Waals surface area contributed by atoms with E-state index in [0.29, 0.717) is 10.6 Å². The van der Waals surface area contributed by atoms with Gasteiger partial charge in [-0.2, -0.15) is 0 Å². The molecule has 1 aliphatic rings. The molecule has 1 aromatic rings. The van der Waals surface area contributed by atoms with Crippen LogP contribution in [0.3, 0.4) is 0 Å². The Morgan fingerprint density at radius 1 is 1.30 bits per heavy atom. The summed E-state index contributed by atoms with van der Waals surface area (Å²) in [5, 5.41) is 19.3. The second-order valence-electron chi connectivity index (χ2n) is 4.86. The van der Waals surface area contributed by atoms with Crippen molar-refractivity contribution >= 4 is 23.5 Å². The van der Waals surface area contributed by atoms with Crippen LogP contribution >= 0.6 is 11.6 Å². The van der Waals surface area contributed by atoms with Crippen molar-refractivity contribution in [1.82, 2.24) is 0 Å². The molecule has 2 rings (SSSR count). The van der Waals surface area contributed by atoms with Crippen molar-refractivity contribution < 1.29 is 19.8 Å². The molecule has 5 heteroatoms. The Labute approximate surface area is 121 Å². The molecule has 1 aliphatic carbocycles. The molecular weight excluding hydrogens is 280 g/mol. The number of benzene rings is 1. The monoisotopic (exact) mass is 292 g/mol. The van der Waals surface area contributed by atoms with Gasteiger partial charge in [-0.05, 0) is 24.6 Å². The number of allylic oxidation sites excluding steroid dienone is 2. The van der Waals surface area contributed by atoms with Crippen molar-refractivity contribution in [1.29, 1.82) is 0 Å². The second-order valence-corrected chi connectivity index (χ2v) is 5.30. The summed E-state index contributed by atoms with van der Waals surface area (Å²) < 4.78 is 0. The zero-order chi connectivity index (χ0) is 14.9. The van der Waals surface area contributed by atoms with Gasteiger partial charge in [-0.1, -0.05) is 42.0 Å². The number of hydrogen-bond acceptors (Lipinski definition) is 2. The maximum Gasteiger partial charge on any atom is 0.332 e. The van der Waals surface area contributed by atoms with Crippen LogP contribution in [0, 0.1) is 5.41 Å². The van der Waals surface area contributed by atoms with Crippen LogP contribution in [0.5, 0.6) is 0 Å². The maximum absolute atomic E-state index is 11.6. The van der Waals surface area contributed by atoms with E-state index >= 15 is 0 Å². The summed E-state index contributed by atoms with van der Waals surface area (Å²) in [6.45, 7) is 1.51. The van der Waals surface area contributed by atoms with Crippen LogP contribution < -0.4 is 0 Å². The Morgan fingerprint density at radius 3 is 2.55 bits per heavy atom. The van der Waals surface area contributed by atoms with Gasteiger partial charge >= 0.3 is 11.9 Å². The lowest BCUT2D eigenvalue weighted by molar-refractivity contribution is -0.146. The SMILES string of the molecule is CC1(C(=O)O)C=CC=C(C(=O)O)C1c1cccc(Cl)c1. The molecule has 20 heavy (non-hydrogen) atoms. The first-order chi connectivity index (χ1) is 9.36. The molecule has 1 aromatic carbocycles. The Kier molecular flexibility index (Phi) is 3.68. The van der Waals surface area contributed by atoms with Crippen LogP contribution in [0.1, 0.15) is 18.4 Å². The van der Waals surface area contributed by atoms with Gasteiger partial charge in [0.1, 0.15) is 0 Å². The van der Waals surface area contributed by atoms with E-state index in [1.165, 1.54) is 25.2 Å². The number of carbonyl (C=O) groups is 2. The van der Waals surface area contributed by atoms with Gasteiger partial charge in [0.2, 0.25) is 0 Å². The van der Waals surface area contributed by atoms with Crippen molar-refractivity contribution in [3.05, 3.63) is 58.7 Å². The number of rotatable bonds is 3. The highest BCUT2D eigenvalue weighted by Gasteiger charge is 2.45. The van der Waals surface area contributed by atoms with Crippen molar-refractivity contribution in [2.45, 2.75) is 12.8 Å². The van der Waals surface area contributed by atoms with E-state index in [9.17, 15) is 19.8 Å². The Balaban J connectivity index is 2.63. The van der Waals surface area contributed by atoms with Crippen molar-refractivity contribution in [3.63, 3.8) is 0 Å². The van der Waals surface area contributed by atoms with Crippen LogP contribution in [-0.2, 0) is 9.59 Å². The van der Waals surface area contributed by atoms with Crippen LogP contribution in [0.4, 0.5) is 0 Å². The lowest BCUT2D eigenvalue weighted by Gasteiger charge is -2.34. The molecule has 0 radical (unpaired) electrons. The highest BCUT2D eigenvalue weighted by molar-refractivity contribution is 6.30. The molecule has 0 aromatic heterocycles. The molecule has 0 aliphatic heterocycles. The maximum atomic E-state index is 11.6. The average Bonchev–Trinajstić information content (AvgIpc) is 2.38. The van der Waals surface area contributed by atoms with Gasteiger partial charge in [-0.25, -0.2) is 4.79 Å². The molecule has 0 saturated heterocycles. The first-order valence-electron chi connectivity index (χ1n) is 5.98. The molecule has 104 valence electrons. The fourth-order valence-corrected chi connectivity index (χ4v) is 2.67. The summed E-state index contributed by atoms with van der Waals surface area (Å²) in [6, 6.07) is 6.63. The molecule has 0 amide bonds. The van der Waals surface area contributed by atoms with E-state index in [1.54, 1.807) is 24.3 Å². The molecule has 0 fully saturated rings. The number of halogens is 1. The number of carboxylic acid groups (broad SMARTS) is 2. The predicted octanol–water partition coefficient (Wildman–Crippen LogP) is 3.10. The largest absolute Gasteiger partial charge is 0.481 e. The minimum Gasteiger partial charge on any atom is -0.481 e. The fourth-order valence-electron chi connectivity index (χ4n) is 2.47. The quantitative estimate of drug-likeness (QED) is 0.897. The zero-order valence-electron chi connectivity index (χ0n) is 10.7. The molecule has 0 bridgehead atoms. The zero-order valence-corrected chi connectivity index (χ0v) is 11.5. The molecule has 2 N–H and O–H groups in total. The third-order valence-corrected chi connectivity index (χ3v) is 3.75. The third kappa shape index (κ3) is 2.34. The van der Waals surface area contributed by atoms with Gasteiger partial charge < -0.3 is 10.2 Å². The van der Waals surface area contributed by atoms with E-state index in [0.717, 1.165) is 0 Å². The Hall–Kier alpha value is -2.07. The van der Waals surface area contributed by atoms with Crippen molar-refractivity contribution in [2.75, 3.05) is 0 Å². The smallest absolute Gasteiger partial charge is 0.332 e. The van der Waals surface area contributed by atoms with Gasteiger partial charge in [0.25, 0.3) is 0 Å². The minimum absolute atomic E-state index is 0.0414. The number of hydrogen-bond donors (Lipinski definition) is 2.